The minimum atomic E-state index is 0.537. The summed E-state index contributed by atoms with van der Waals surface area (Å²) >= 11 is 8.46. The van der Waals surface area contributed by atoms with Gasteiger partial charge in [-0.05, 0) is 65.4 Å². The maximum absolute atomic E-state index is 6.17. The van der Waals surface area contributed by atoms with Gasteiger partial charge in [0.1, 0.15) is 12.4 Å². The summed E-state index contributed by atoms with van der Waals surface area (Å²) in [7, 11) is 0. The molecule has 19 heavy (non-hydrogen) atoms. The number of ether oxygens (including phenoxy) is 1. The van der Waals surface area contributed by atoms with Gasteiger partial charge in [-0.15, -0.1) is 0 Å². The fourth-order valence-corrected chi connectivity index (χ4v) is 2.42. The number of rotatable bonds is 5. The van der Waals surface area contributed by atoms with E-state index >= 15 is 0 Å². The third-order valence-corrected chi connectivity index (χ3v) is 3.85. The number of benzene rings is 2. The molecular weight excluding hydrogens is 373 g/mol. The van der Waals surface area contributed by atoms with Crippen LogP contribution in [-0.2, 0) is 13.0 Å². The highest BCUT2D eigenvalue weighted by molar-refractivity contribution is 14.1. The molecule has 2 nitrogen and oxygen atoms in total. The summed E-state index contributed by atoms with van der Waals surface area (Å²) in [5.74, 6) is 0.816. The minimum Gasteiger partial charge on any atom is -0.489 e. The molecule has 0 radical (unpaired) electrons. The SMILES string of the molecule is NCCc1c(Cl)cccc1OCc1ccc(I)cc1. The molecule has 0 saturated carbocycles. The summed E-state index contributed by atoms with van der Waals surface area (Å²) in [6, 6.07) is 14.0. The van der Waals surface area contributed by atoms with Gasteiger partial charge < -0.3 is 10.5 Å². The molecule has 0 aliphatic heterocycles. The second-order valence-corrected chi connectivity index (χ2v) is 5.82. The van der Waals surface area contributed by atoms with Crippen LogP contribution in [0.4, 0.5) is 0 Å². The Kier molecular flexibility index (Phi) is 5.48. The van der Waals surface area contributed by atoms with Crippen LogP contribution in [0.2, 0.25) is 5.02 Å². The van der Waals surface area contributed by atoms with Crippen LogP contribution in [0.5, 0.6) is 5.75 Å². The molecule has 4 heteroatoms. The monoisotopic (exact) mass is 387 g/mol. The van der Waals surface area contributed by atoms with Crippen molar-refractivity contribution in [2.45, 2.75) is 13.0 Å². The van der Waals surface area contributed by atoms with E-state index in [0.717, 1.165) is 23.3 Å². The highest BCUT2D eigenvalue weighted by atomic mass is 127. The van der Waals surface area contributed by atoms with Gasteiger partial charge in [-0.2, -0.15) is 0 Å². The van der Waals surface area contributed by atoms with Crippen molar-refractivity contribution in [1.29, 1.82) is 0 Å². The lowest BCUT2D eigenvalue weighted by Crippen LogP contribution is -2.06. The normalized spacial score (nSPS) is 10.5. The molecule has 0 bridgehead atoms. The average molecular weight is 388 g/mol. The van der Waals surface area contributed by atoms with Crippen LogP contribution in [0.25, 0.3) is 0 Å². The van der Waals surface area contributed by atoms with Crippen LogP contribution >= 0.6 is 34.2 Å². The molecule has 2 N–H and O–H groups in total. The number of hydrogen-bond acceptors (Lipinski definition) is 2. The van der Waals surface area contributed by atoms with Crippen molar-refractivity contribution in [1.82, 2.24) is 0 Å². The van der Waals surface area contributed by atoms with E-state index in [1.807, 2.05) is 18.2 Å². The Morgan fingerprint density at radius 2 is 1.84 bits per heavy atom. The number of nitrogens with two attached hydrogens (primary N) is 1. The van der Waals surface area contributed by atoms with E-state index in [2.05, 4.69) is 46.9 Å². The molecule has 0 aromatic heterocycles. The molecule has 0 heterocycles. The maximum atomic E-state index is 6.17. The van der Waals surface area contributed by atoms with Crippen LogP contribution in [0.1, 0.15) is 11.1 Å². The lowest BCUT2D eigenvalue weighted by molar-refractivity contribution is 0.303. The summed E-state index contributed by atoms with van der Waals surface area (Å²) in [6.07, 6.45) is 0.724. The summed E-state index contributed by atoms with van der Waals surface area (Å²) < 4.78 is 7.07. The van der Waals surface area contributed by atoms with Gasteiger partial charge in [-0.3, -0.25) is 0 Å². The second-order valence-electron chi connectivity index (χ2n) is 4.17. The highest BCUT2D eigenvalue weighted by Gasteiger charge is 2.07. The first kappa shape index (κ1) is 14.6. The topological polar surface area (TPSA) is 35.2 Å². The predicted molar refractivity (Wildman–Crippen MR) is 87.7 cm³/mol. The Morgan fingerprint density at radius 3 is 2.53 bits per heavy atom. The minimum absolute atomic E-state index is 0.537. The van der Waals surface area contributed by atoms with Gasteiger partial charge in [0.25, 0.3) is 0 Å². The van der Waals surface area contributed by atoms with E-state index in [-0.39, 0.29) is 0 Å². The highest BCUT2D eigenvalue weighted by Crippen LogP contribution is 2.27. The quantitative estimate of drug-likeness (QED) is 0.786. The van der Waals surface area contributed by atoms with Crippen molar-refractivity contribution in [2.75, 3.05) is 6.54 Å². The molecule has 0 saturated heterocycles. The van der Waals surface area contributed by atoms with Crippen LogP contribution in [0.3, 0.4) is 0 Å². The van der Waals surface area contributed by atoms with Crippen molar-refractivity contribution in [2.24, 2.45) is 5.73 Å². The first-order valence-corrected chi connectivity index (χ1v) is 7.51. The molecule has 0 unspecified atom stereocenters. The lowest BCUT2D eigenvalue weighted by Gasteiger charge is -2.12. The molecule has 0 amide bonds. The largest absolute Gasteiger partial charge is 0.489 e. The average Bonchev–Trinajstić information content (AvgIpc) is 2.41. The Labute approximate surface area is 132 Å². The molecule has 0 spiro atoms. The zero-order valence-corrected chi connectivity index (χ0v) is 13.3. The first-order valence-electron chi connectivity index (χ1n) is 6.05. The number of hydrogen-bond donors (Lipinski definition) is 1. The van der Waals surface area contributed by atoms with E-state index < -0.39 is 0 Å². The van der Waals surface area contributed by atoms with Crippen molar-refractivity contribution in [3.8, 4) is 5.75 Å². The van der Waals surface area contributed by atoms with Crippen molar-refractivity contribution >= 4 is 34.2 Å². The Morgan fingerprint density at radius 1 is 1.11 bits per heavy atom. The van der Waals surface area contributed by atoms with Crippen LogP contribution in [-0.4, -0.2) is 6.54 Å². The Hall–Kier alpha value is -0.780. The molecule has 2 aromatic carbocycles. The Balaban J connectivity index is 2.10. The molecule has 0 aliphatic carbocycles. The van der Waals surface area contributed by atoms with Crippen molar-refractivity contribution in [3.05, 3.63) is 62.2 Å². The fraction of sp³-hybridized carbons (Fsp3) is 0.200. The van der Waals surface area contributed by atoms with Crippen molar-refractivity contribution in [3.63, 3.8) is 0 Å². The van der Waals surface area contributed by atoms with E-state index in [9.17, 15) is 0 Å². The zero-order valence-electron chi connectivity index (χ0n) is 10.4. The van der Waals surface area contributed by atoms with Gasteiger partial charge >= 0.3 is 0 Å². The van der Waals surface area contributed by atoms with Gasteiger partial charge in [-0.1, -0.05) is 29.8 Å². The summed E-state index contributed by atoms with van der Waals surface area (Å²) in [5, 5.41) is 0.713. The Bertz CT molecular complexity index is 542. The van der Waals surface area contributed by atoms with E-state index in [0.29, 0.717) is 18.2 Å². The molecule has 100 valence electrons. The van der Waals surface area contributed by atoms with Crippen molar-refractivity contribution < 1.29 is 4.74 Å². The van der Waals surface area contributed by atoms with Gasteiger partial charge in [0.15, 0.2) is 0 Å². The van der Waals surface area contributed by atoms with Gasteiger partial charge in [-0.25, -0.2) is 0 Å². The standard InChI is InChI=1S/C15H15ClINO/c16-14-2-1-3-15(13(14)8-9-18)19-10-11-4-6-12(17)7-5-11/h1-7H,8-10,18H2. The van der Waals surface area contributed by atoms with E-state index in [1.54, 1.807) is 0 Å². The molecular formula is C15H15ClINO. The predicted octanol–water partition coefficient (Wildman–Crippen LogP) is 4.02. The third-order valence-electron chi connectivity index (χ3n) is 2.78. The summed E-state index contributed by atoms with van der Waals surface area (Å²) in [5.41, 5.74) is 7.73. The van der Waals surface area contributed by atoms with Gasteiger partial charge in [0.2, 0.25) is 0 Å². The fourth-order valence-electron chi connectivity index (χ4n) is 1.80. The second kappa shape index (κ2) is 7.12. The molecule has 2 aromatic rings. The first-order chi connectivity index (χ1) is 9.20. The smallest absolute Gasteiger partial charge is 0.124 e. The van der Waals surface area contributed by atoms with Gasteiger partial charge in [0.05, 0.1) is 0 Å². The summed E-state index contributed by atoms with van der Waals surface area (Å²) in [4.78, 5) is 0. The van der Waals surface area contributed by atoms with E-state index in [1.165, 1.54) is 3.57 Å². The molecule has 0 aliphatic rings. The van der Waals surface area contributed by atoms with Crippen LogP contribution in [0, 0.1) is 3.57 Å². The molecule has 0 atom stereocenters. The molecule has 2 rings (SSSR count). The number of halogens is 2. The van der Waals surface area contributed by atoms with E-state index in [4.69, 9.17) is 22.1 Å². The zero-order chi connectivity index (χ0) is 13.7. The maximum Gasteiger partial charge on any atom is 0.124 e. The lowest BCUT2D eigenvalue weighted by atomic mass is 10.1. The molecule has 0 fully saturated rings. The van der Waals surface area contributed by atoms with Crippen LogP contribution < -0.4 is 10.5 Å². The summed E-state index contributed by atoms with van der Waals surface area (Å²) in [6.45, 7) is 1.10. The third kappa shape index (κ3) is 4.09. The van der Waals surface area contributed by atoms with Crippen LogP contribution in [0.15, 0.2) is 42.5 Å². The van der Waals surface area contributed by atoms with Gasteiger partial charge in [0, 0.05) is 14.2 Å².